The van der Waals surface area contributed by atoms with Gasteiger partial charge in [-0.25, -0.2) is 13.8 Å². The summed E-state index contributed by atoms with van der Waals surface area (Å²) in [6, 6.07) is 3.48. The van der Waals surface area contributed by atoms with Gasteiger partial charge in [0, 0.05) is 17.4 Å². The molecule has 144 valence electrons. The van der Waals surface area contributed by atoms with Crippen LogP contribution in [0.2, 0.25) is 0 Å². The van der Waals surface area contributed by atoms with Gasteiger partial charge in [0.1, 0.15) is 0 Å². The lowest BCUT2D eigenvalue weighted by Gasteiger charge is -2.14. The van der Waals surface area contributed by atoms with Gasteiger partial charge in [0.2, 0.25) is 0 Å². The molecule has 1 amide bonds. The van der Waals surface area contributed by atoms with E-state index in [4.69, 9.17) is 4.74 Å². The standard InChI is InChI=1S/C19H20F2N2O3S/c1-11(26-17(24)8-12-4-2-3-5-12)18(25)23-19-22-16(10-27-19)13-6-7-14(20)15(21)9-13/h6-7,9-12H,2-5,8H2,1H3,(H,22,23,25)/t11-/m1/s1. The van der Waals surface area contributed by atoms with Crippen LogP contribution in [0.5, 0.6) is 0 Å². The Morgan fingerprint density at radius 2 is 2.04 bits per heavy atom. The number of hydrogen-bond donors (Lipinski definition) is 1. The highest BCUT2D eigenvalue weighted by Crippen LogP contribution is 2.28. The van der Waals surface area contributed by atoms with Crippen molar-refractivity contribution in [3.63, 3.8) is 0 Å². The predicted octanol–water partition coefficient (Wildman–Crippen LogP) is 4.54. The number of rotatable bonds is 6. The number of benzene rings is 1. The highest BCUT2D eigenvalue weighted by molar-refractivity contribution is 7.14. The number of carbonyl (C=O) groups is 2. The maximum absolute atomic E-state index is 13.3. The summed E-state index contributed by atoms with van der Waals surface area (Å²) in [5.74, 6) is -2.40. The van der Waals surface area contributed by atoms with E-state index < -0.39 is 23.6 Å². The number of nitrogens with one attached hydrogen (secondary N) is 1. The first kappa shape index (κ1) is 19.4. The number of anilines is 1. The molecule has 8 heteroatoms. The minimum Gasteiger partial charge on any atom is -0.453 e. The summed E-state index contributed by atoms with van der Waals surface area (Å²) in [5.41, 5.74) is 0.821. The smallest absolute Gasteiger partial charge is 0.306 e. The van der Waals surface area contributed by atoms with E-state index in [2.05, 4.69) is 10.3 Å². The van der Waals surface area contributed by atoms with Gasteiger partial charge in [-0.3, -0.25) is 14.9 Å². The topological polar surface area (TPSA) is 68.3 Å². The molecule has 0 aliphatic heterocycles. The molecule has 0 bridgehead atoms. The van der Waals surface area contributed by atoms with Gasteiger partial charge >= 0.3 is 5.97 Å². The molecule has 1 fully saturated rings. The van der Waals surface area contributed by atoms with Crippen LogP contribution in [0, 0.1) is 17.6 Å². The summed E-state index contributed by atoms with van der Waals surface area (Å²) >= 11 is 1.15. The van der Waals surface area contributed by atoms with Crippen LogP contribution >= 0.6 is 11.3 Å². The highest BCUT2D eigenvalue weighted by Gasteiger charge is 2.23. The molecule has 0 saturated heterocycles. The van der Waals surface area contributed by atoms with Crippen molar-refractivity contribution in [2.24, 2.45) is 5.92 Å². The number of nitrogens with zero attached hydrogens (tertiary/aromatic N) is 1. The molecule has 27 heavy (non-hydrogen) atoms. The fourth-order valence-electron chi connectivity index (χ4n) is 3.08. The lowest BCUT2D eigenvalue weighted by molar-refractivity contribution is -0.154. The van der Waals surface area contributed by atoms with Crippen LogP contribution in [-0.4, -0.2) is 23.0 Å². The molecule has 0 radical (unpaired) electrons. The summed E-state index contributed by atoms with van der Waals surface area (Å²) in [5, 5.41) is 4.49. The predicted molar refractivity (Wildman–Crippen MR) is 98.2 cm³/mol. The molecule has 1 aliphatic rings. The number of esters is 1. The summed E-state index contributed by atoms with van der Waals surface area (Å²) in [6.45, 7) is 1.51. The molecule has 1 heterocycles. The van der Waals surface area contributed by atoms with Gasteiger partial charge in [0.15, 0.2) is 22.9 Å². The number of hydrogen-bond acceptors (Lipinski definition) is 5. The molecule has 1 saturated carbocycles. The zero-order valence-corrected chi connectivity index (χ0v) is 15.7. The Morgan fingerprint density at radius 3 is 2.74 bits per heavy atom. The van der Waals surface area contributed by atoms with E-state index in [0.29, 0.717) is 28.7 Å². The fraction of sp³-hybridized carbons (Fsp3) is 0.421. The van der Waals surface area contributed by atoms with Crippen molar-refractivity contribution in [2.75, 3.05) is 5.32 Å². The van der Waals surface area contributed by atoms with Gasteiger partial charge in [0.05, 0.1) is 5.69 Å². The van der Waals surface area contributed by atoms with E-state index in [0.717, 1.165) is 49.2 Å². The lowest BCUT2D eigenvalue weighted by Crippen LogP contribution is -2.30. The van der Waals surface area contributed by atoms with Crippen molar-refractivity contribution in [1.29, 1.82) is 0 Å². The van der Waals surface area contributed by atoms with Crippen LogP contribution in [0.4, 0.5) is 13.9 Å². The highest BCUT2D eigenvalue weighted by atomic mass is 32.1. The van der Waals surface area contributed by atoms with Crippen LogP contribution in [0.1, 0.15) is 39.0 Å². The summed E-state index contributed by atoms with van der Waals surface area (Å²) < 4.78 is 31.6. The summed E-state index contributed by atoms with van der Waals surface area (Å²) in [6.07, 6.45) is 3.74. The van der Waals surface area contributed by atoms with Crippen LogP contribution in [0.3, 0.4) is 0 Å². The van der Waals surface area contributed by atoms with E-state index in [1.54, 1.807) is 5.38 Å². The lowest BCUT2D eigenvalue weighted by atomic mass is 10.0. The molecule has 1 aliphatic carbocycles. The number of thiazole rings is 1. The third-order valence-electron chi connectivity index (χ3n) is 4.56. The number of ether oxygens (including phenoxy) is 1. The third-order valence-corrected chi connectivity index (χ3v) is 5.31. The van der Waals surface area contributed by atoms with E-state index in [1.807, 2.05) is 0 Å². The normalized spacial score (nSPS) is 15.5. The van der Waals surface area contributed by atoms with Crippen molar-refractivity contribution >= 4 is 28.3 Å². The van der Waals surface area contributed by atoms with Crippen molar-refractivity contribution in [3.8, 4) is 11.3 Å². The maximum Gasteiger partial charge on any atom is 0.306 e. The molecule has 1 aromatic heterocycles. The van der Waals surface area contributed by atoms with Gasteiger partial charge in [-0.1, -0.05) is 12.8 Å². The Hall–Kier alpha value is -2.35. The zero-order chi connectivity index (χ0) is 19.4. The average molecular weight is 394 g/mol. The van der Waals surface area contributed by atoms with Crippen molar-refractivity contribution in [3.05, 3.63) is 35.2 Å². The number of aromatic nitrogens is 1. The van der Waals surface area contributed by atoms with Gasteiger partial charge in [-0.15, -0.1) is 11.3 Å². The third kappa shape index (κ3) is 5.09. The first-order valence-electron chi connectivity index (χ1n) is 8.83. The van der Waals surface area contributed by atoms with Gasteiger partial charge in [-0.2, -0.15) is 0 Å². The molecule has 2 aromatic rings. The fourth-order valence-corrected chi connectivity index (χ4v) is 3.80. The number of carbonyl (C=O) groups excluding carboxylic acids is 2. The second kappa shape index (κ2) is 8.56. The largest absolute Gasteiger partial charge is 0.453 e. The van der Waals surface area contributed by atoms with Crippen LogP contribution in [0.15, 0.2) is 23.6 Å². The van der Waals surface area contributed by atoms with Gasteiger partial charge in [-0.05, 0) is 43.9 Å². The Labute approximate surface area is 159 Å². The van der Waals surface area contributed by atoms with Gasteiger partial charge < -0.3 is 4.74 Å². The summed E-state index contributed by atoms with van der Waals surface area (Å²) in [4.78, 5) is 28.3. The monoisotopic (exact) mass is 394 g/mol. The van der Waals surface area contributed by atoms with E-state index in [9.17, 15) is 18.4 Å². The van der Waals surface area contributed by atoms with E-state index in [1.165, 1.54) is 13.0 Å². The molecule has 1 aromatic carbocycles. The first-order chi connectivity index (χ1) is 12.9. The number of halogens is 2. The Kier molecular flexibility index (Phi) is 6.15. The molecule has 0 unspecified atom stereocenters. The van der Waals surface area contributed by atoms with Crippen molar-refractivity contribution in [1.82, 2.24) is 4.98 Å². The molecule has 1 atom stereocenters. The van der Waals surface area contributed by atoms with E-state index in [-0.39, 0.29) is 5.97 Å². The van der Waals surface area contributed by atoms with Gasteiger partial charge in [0.25, 0.3) is 5.91 Å². The molecule has 1 N–H and O–H groups in total. The Bertz CT molecular complexity index is 834. The average Bonchev–Trinajstić information content (AvgIpc) is 3.29. The van der Waals surface area contributed by atoms with E-state index >= 15 is 0 Å². The maximum atomic E-state index is 13.3. The molecule has 0 spiro atoms. The number of amides is 1. The van der Waals surface area contributed by atoms with Crippen LogP contribution in [-0.2, 0) is 14.3 Å². The van der Waals surface area contributed by atoms with Crippen LogP contribution in [0.25, 0.3) is 11.3 Å². The first-order valence-corrected chi connectivity index (χ1v) is 9.71. The van der Waals surface area contributed by atoms with Crippen LogP contribution < -0.4 is 5.32 Å². The summed E-state index contributed by atoms with van der Waals surface area (Å²) in [7, 11) is 0. The SMILES string of the molecule is C[C@@H](OC(=O)CC1CCCC1)C(=O)Nc1nc(-c2ccc(F)c(F)c2)cs1. The zero-order valence-electron chi connectivity index (χ0n) is 14.8. The van der Waals surface area contributed by atoms with Crippen molar-refractivity contribution < 1.29 is 23.1 Å². The molecular formula is C19H20F2N2O3S. The molecular weight excluding hydrogens is 374 g/mol. The minimum absolute atomic E-state index is 0.290. The van der Waals surface area contributed by atoms with Crippen molar-refractivity contribution in [2.45, 2.75) is 45.1 Å². The quantitative estimate of drug-likeness (QED) is 0.731. The Balaban J connectivity index is 1.55. The second-order valence-electron chi connectivity index (χ2n) is 6.64. The second-order valence-corrected chi connectivity index (χ2v) is 7.50. The molecule has 5 nitrogen and oxygen atoms in total. The Morgan fingerprint density at radius 1 is 1.30 bits per heavy atom. The molecule has 3 rings (SSSR count). The minimum atomic E-state index is -0.964.